The highest BCUT2D eigenvalue weighted by molar-refractivity contribution is 5.92. The summed E-state index contributed by atoms with van der Waals surface area (Å²) < 4.78 is 11.0. The van der Waals surface area contributed by atoms with Crippen LogP contribution in [0.1, 0.15) is 42.1 Å². The molecular weight excluding hydrogens is 330 g/mol. The summed E-state index contributed by atoms with van der Waals surface area (Å²) in [5, 5.41) is 0. The van der Waals surface area contributed by atoms with Crippen molar-refractivity contribution in [1.82, 2.24) is 14.8 Å². The van der Waals surface area contributed by atoms with Gasteiger partial charge < -0.3 is 19.0 Å². The number of rotatable bonds is 5. The molecule has 2 saturated heterocycles. The van der Waals surface area contributed by atoms with Crippen molar-refractivity contribution in [2.45, 2.75) is 38.3 Å². The summed E-state index contributed by atoms with van der Waals surface area (Å²) >= 11 is 0. The van der Waals surface area contributed by atoms with Crippen molar-refractivity contribution in [2.24, 2.45) is 0 Å². The highest BCUT2D eigenvalue weighted by Gasteiger charge is 2.29. The summed E-state index contributed by atoms with van der Waals surface area (Å²) in [6.07, 6.45) is 6.16. The first kappa shape index (κ1) is 17.1. The van der Waals surface area contributed by atoms with Crippen LogP contribution in [0.3, 0.4) is 0 Å². The van der Waals surface area contributed by atoms with Gasteiger partial charge in [0.2, 0.25) is 5.89 Å². The third-order valence-corrected chi connectivity index (χ3v) is 5.29. The molecule has 0 radical (unpaired) electrons. The molecule has 138 valence electrons. The van der Waals surface area contributed by atoms with Crippen LogP contribution >= 0.6 is 0 Å². The second-order valence-electron chi connectivity index (χ2n) is 6.99. The van der Waals surface area contributed by atoms with Gasteiger partial charge in [-0.25, -0.2) is 4.98 Å². The van der Waals surface area contributed by atoms with Crippen molar-refractivity contribution in [3.63, 3.8) is 0 Å². The molecule has 6 heteroatoms. The highest BCUT2D eigenvalue weighted by Crippen LogP contribution is 2.22. The van der Waals surface area contributed by atoms with Crippen molar-refractivity contribution < 1.29 is 13.9 Å². The number of amides is 1. The maximum Gasteiger partial charge on any atom is 0.275 e. The second kappa shape index (κ2) is 7.91. The molecule has 1 aromatic carbocycles. The molecule has 2 aromatic rings. The predicted octanol–water partition coefficient (Wildman–Crippen LogP) is 2.95. The van der Waals surface area contributed by atoms with Gasteiger partial charge in [-0.2, -0.15) is 0 Å². The van der Waals surface area contributed by atoms with Crippen molar-refractivity contribution in [3.8, 4) is 5.75 Å². The molecule has 0 N–H and O–H groups in total. The monoisotopic (exact) mass is 355 g/mol. The average Bonchev–Trinajstić information content (AvgIpc) is 3.39. The number of hydrogen-bond acceptors (Lipinski definition) is 5. The van der Waals surface area contributed by atoms with Crippen molar-refractivity contribution in [1.29, 1.82) is 0 Å². The third kappa shape index (κ3) is 3.90. The Morgan fingerprint density at radius 1 is 1.12 bits per heavy atom. The van der Waals surface area contributed by atoms with Gasteiger partial charge in [-0.1, -0.05) is 18.2 Å². The van der Waals surface area contributed by atoms with Gasteiger partial charge in [0.25, 0.3) is 5.91 Å². The molecule has 0 aliphatic carbocycles. The van der Waals surface area contributed by atoms with E-state index in [4.69, 9.17) is 9.15 Å². The van der Waals surface area contributed by atoms with Crippen LogP contribution in [0.5, 0.6) is 5.75 Å². The second-order valence-corrected chi connectivity index (χ2v) is 6.99. The minimum absolute atomic E-state index is 0.0421. The molecule has 0 unspecified atom stereocenters. The van der Waals surface area contributed by atoms with Crippen LogP contribution in [0.15, 0.2) is 41.0 Å². The first-order valence-electron chi connectivity index (χ1n) is 9.45. The summed E-state index contributed by atoms with van der Waals surface area (Å²) in [5.74, 6) is 1.13. The predicted molar refractivity (Wildman–Crippen MR) is 97.0 cm³/mol. The number of hydrogen-bond donors (Lipinski definition) is 0. The van der Waals surface area contributed by atoms with E-state index < -0.39 is 0 Å². The fourth-order valence-corrected chi connectivity index (χ4v) is 3.84. The number of benzene rings is 1. The summed E-state index contributed by atoms with van der Waals surface area (Å²) in [4.78, 5) is 21.4. The van der Waals surface area contributed by atoms with E-state index in [9.17, 15) is 4.79 Å². The van der Waals surface area contributed by atoms with E-state index in [2.05, 4.69) is 9.88 Å². The number of carbonyl (C=O) groups excluding carboxylic acids is 1. The van der Waals surface area contributed by atoms with Gasteiger partial charge >= 0.3 is 0 Å². The number of para-hydroxylation sites is 1. The average molecular weight is 355 g/mol. The Hall–Kier alpha value is -2.34. The van der Waals surface area contributed by atoms with E-state index in [1.54, 1.807) is 0 Å². The van der Waals surface area contributed by atoms with E-state index in [1.165, 1.54) is 32.2 Å². The lowest BCUT2D eigenvalue weighted by Crippen LogP contribution is -2.46. The Balaban J connectivity index is 1.29. The van der Waals surface area contributed by atoms with E-state index >= 15 is 0 Å². The smallest absolute Gasteiger partial charge is 0.275 e. The first-order valence-corrected chi connectivity index (χ1v) is 9.45. The standard InChI is InChI=1S/C20H25N3O3/c24-20(23-12-8-16(9-13-23)22-10-4-5-11-22)18-14-26-19(21-18)15-25-17-6-2-1-3-7-17/h1-3,6-7,14,16H,4-5,8-13,15H2. The summed E-state index contributed by atoms with van der Waals surface area (Å²) in [5.41, 5.74) is 0.372. The molecule has 0 atom stereocenters. The molecular formula is C20H25N3O3. The first-order chi connectivity index (χ1) is 12.8. The van der Waals surface area contributed by atoms with Crippen LogP contribution < -0.4 is 4.74 Å². The molecule has 26 heavy (non-hydrogen) atoms. The number of nitrogens with zero attached hydrogens (tertiary/aromatic N) is 3. The normalized spacial score (nSPS) is 19.0. The zero-order valence-electron chi connectivity index (χ0n) is 15.0. The van der Waals surface area contributed by atoms with Crippen LogP contribution in [0, 0.1) is 0 Å². The van der Waals surface area contributed by atoms with Crippen LogP contribution in [0.2, 0.25) is 0 Å². The van der Waals surface area contributed by atoms with Gasteiger partial charge in [0, 0.05) is 19.1 Å². The maximum atomic E-state index is 12.7. The molecule has 6 nitrogen and oxygen atoms in total. The van der Waals surface area contributed by atoms with Gasteiger partial charge in [0.15, 0.2) is 12.3 Å². The maximum absolute atomic E-state index is 12.7. The molecule has 0 saturated carbocycles. The van der Waals surface area contributed by atoms with Gasteiger partial charge in [-0.3, -0.25) is 4.79 Å². The van der Waals surface area contributed by atoms with Crippen molar-refractivity contribution >= 4 is 5.91 Å². The zero-order valence-corrected chi connectivity index (χ0v) is 15.0. The van der Waals surface area contributed by atoms with E-state index in [0.717, 1.165) is 31.7 Å². The summed E-state index contributed by atoms with van der Waals surface area (Å²) in [7, 11) is 0. The van der Waals surface area contributed by atoms with Gasteiger partial charge in [-0.05, 0) is 50.9 Å². The number of piperidine rings is 1. The third-order valence-electron chi connectivity index (χ3n) is 5.29. The quantitative estimate of drug-likeness (QED) is 0.825. The molecule has 1 aromatic heterocycles. The summed E-state index contributed by atoms with van der Waals surface area (Å²) in [6.45, 7) is 4.24. The Morgan fingerprint density at radius 3 is 2.58 bits per heavy atom. The lowest BCUT2D eigenvalue weighted by atomic mass is 10.0. The van der Waals surface area contributed by atoms with Crippen molar-refractivity contribution in [3.05, 3.63) is 48.2 Å². The largest absolute Gasteiger partial charge is 0.484 e. The zero-order chi connectivity index (χ0) is 17.8. The lowest BCUT2D eigenvalue weighted by molar-refractivity contribution is 0.0638. The molecule has 2 aliphatic heterocycles. The Labute approximate surface area is 153 Å². The minimum atomic E-state index is -0.0421. The van der Waals surface area contributed by atoms with Crippen molar-refractivity contribution in [2.75, 3.05) is 26.2 Å². The van der Waals surface area contributed by atoms with E-state index in [0.29, 0.717) is 17.6 Å². The van der Waals surface area contributed by atoms with E-state index in [1.807, 2.05) is 35.2 Å². The van der Waals surface area contributed by atoms with Crippen LogP contribution in [0.25, 0.3) is 0 Å². The van der Waals surface area contributed by atoms with Crippen LogP contribution in [-0.4, -0.2) is 52.9 Å². The number of oxazole rings is 1. The molecule has 1 amide bonds. The molecule has 3 heterocycles. The molecule has 4 rings (SSSR count). The molecule has 0 spiro atoms. The SMILES string of the molecule is O=C(c1coc(COc2ccccc2)n1)N1CCC(N2CCCC2)CC1. The van der Waals surface area contributed by atoms with Crippen LogP contribution in [-0.2, 0) is 6.61 Å². The summed E-state index contributed by atoms with van der Waals surface area (Å²) in [6, 6.07) is 10.1. The topological polar surface area (TPSA) is 58.8 Å². The Kier molecular flexibility index (Phi) is 5.20. The molecule has 2 aliphatic rings. The Bertz CT molecular complexity index is 717. The lowest BCUT2D eigenvalue weighted by Gasteiger charge is -2.36. The van der Waals surface area contributed by atoms with Gasteiger partial charge in [0.05, 0.1) is 0 Å². The molecule has 0 bridgehead atoms. The van der Waals surface area contributed by atoms with Crippen LogP contribution in [0.4, 0.5) is 0 Å². The fraction of sp³-hybridized carbons (Fsp3) is 0.500. The number of ether oxygens (including phenoxy) is 1. The highest BCUT2D eigenvalue weighted by atomic mass is 16.5. The minimum Gasteiger partial charge on any atom is -0.484 e. The number of aromatic nitrogens is 1. The fourth-order valence-electron chi connectivity index (χ4n) is 3.84. The van der Waals surface area contributed by atoms with Gasteiger partial charge in [0.1, 0.15) is 12.0 Å². The number of carbonyl (C=O) groups is 1. The number of likely N-dealkylation sites (tertiary alicyclic amines) is 2. The Morgan fingerprint density at radius 2 is 1.85 bits per heavy atom. The van der Waals surface area contributed by atoms with E-state index in [-0.39, 0.29) is 12.5 Å². The van der Waals surface area contributed by atoms with Gasteiger partial charge in [-0.15, -0.1) is 0 Å². The molecule has 2 fully saturated rings.